The molecule has 0 spiro atoms. The molecule has 0 aliphatic rings. The average molecular weight is 264 g/mol. The average Bonchev–Trinajstić information content (AvgIpc) is 2.69. The first-order valence-corrected chi connectivity index (χ1v) is 5.56. The van der Waals surface area contributed by atoms with Gasteiger partial charge in [0, 0.05) is 6.07 Å². The molecule has 1 aromatic carbocycles. The third-order valence-corrected chi connectivity index (χ3v) is 2.91. The van der Waals surface area contributed by atoms with Crippen molar-refractivity contribution in [1.29, 1.82) is 0 Å². The first-order chi connectivity index (χ1) is 8.66. The summed E-state index contributed by atoms with van der Waals surface area (Å²) in [6.45, 7) is 0. The Hall–Kier alpha value is -2.14. The molecule has 6 heteroatoms. The second-order valence-electron chi connectivity index (χ2n) is 3.75. The molecule has 4 nitrogen and oxygen atoms in total. The van der Waals surface area contributed by atoms with Crippen LogP contribution in [0.3, 0.4) is 0 Å². The van der Waals surface area contributed by atoms with Crippen molar-refractivity contribution >= 4 is 22.6 Å². The molecule has 0 saturated heterocycles. The van der Waals surface area contributed by atoms with Gasteiger partial charge in [0.15, 0.2) is 11.0 Å². The Kier molecular flexibility index (Phi) is 2.41. The summed E-state index contributed by atoms with van der Waals surface area (Å²) < 4.78 is 14.7. The standard InChI is InChI=1S/C12H7ClFN3O/c13-11-8(14)5-7(6-15-11)17-10-4-2-1-3-9(10)16-12(17)18/h1-6H,(H,16,18). The number of halogens is 2. The van der Waals surface area contributed by atoms with Crippen LogP contribution in [-0.2, 0) is 0 Å². The number of aromatic amines is 1. The third-order valence-electron chi connectivity index (χ3n) is 2.63. The Balaban J connectivity index is 2.34. The molecular weight excluding hydrogens is 257 g/mol. The molecular formula is C12H7ClFN3O. The lowest BCUT2D eigenvalue weighted by molar-refractivity contribution is 0.620. The summed E-state index contributed by atoms with van der Waals surface area (Å²) in [5.41, 5.74) is 1.32. The zero-order valence-electron chi connectivity index (χ0n) is 9.02. The molecule has 0 saturated carbocycles. The van der Waals surface area contributed by atoms with Crippen LogP contribution in [0.5, 0.6) is 0 Å². The van der Waals surface area contributed by atoms with E-state index in [0.29, 0.717) is 16.7 Å². The lowest BCUT2D eigenvalue weighted by Crippen LogP contribution is -2.15. The summed E-state index contributed by atoms with van der Waals surface area (Å²) in [4.78, 5) is 18.2. The number of nitrogens with one attached hydrogen (secondary N) is 1. The van der Waals surface area contributed by atoms with Gasteiger partial charge in [0.1, 0.15) is 0 Å². The van der Waals surface area contributed by atoms with Gasteiger partial charge in [-0.05, 0) is 12.1 Å². The van der Waals surface area contributed by atoms with Gasteiger partial charge in [0.2, 0.25) is 0 Å². The van der Waals surface area contributed by atoms with Crippen LogP contribution in [0.4, 0.5) is 4.39 Å². The number of aromatic nitrogens is 3. The number of fused-ring (bicyclic) bond motifs is 1. The Morgan fingerprint density at radius 2 is 2.11 bits per heavy atom. The van der Waals surface area contributed by atoms with Crippen molar-refractivity contribution in [3.05, 3.63) is 58.0 Å². The minimum atomic E-state index is -0.661. The smallest absolute Gasteiger partial charge is 0.305 e. The third kappa shape index (κ3) is 1.60. The number of imidazole rings is 1. The SMILES string of the molecule is O=c1[nH]c2ccccc2n1-c1cnc(Cl)c(F)c1. The summed E-state index contributed by atoms with van der Waals surface area (Å²) in [5, 5.41) is -0.216. The highest BCUT2D eigenvalue weighted by atomic mass is 35.5. The fraction of sp³-hybridized carbons (Fsp3) is 0. The lowest BCUT2D eigenvalue weighted by atomic mass is 10.3. The summed E-state index contributed by atoms with van der Waals surface area (Å²) in [6.07, 6.45) is 1.35. The van der Waals surface area contributed by atoms with Gasteiger partial charge in [-0.2, -0.15) is 0 Å². The van der Waals surface area contributed by atoms with Gasteiger partial charge < -0.3 is 4.98 Å². The molecule has 1 N–H and O–H groups in total. The predicted octanol–water partition coefficient (Wildman–Crippen LogP) is 2.51. The molecule has 0 bridgehead atoms. The fourth-order valence-corrected chi connectivity index (χ4v) is 1.95. The Labute approximate surface area is 106 Å². The summed E-state index contributed by atoms with van der Waals surface area (Å²) >= 11 is 5.52. The van der Waals surface area contributed by atoms with Gasteiger partial charge in [0.05, 0.1) is 22.9 Å². The van der Waals surface area contributed by atoms with Crippen molar-refractivity contribution in [2.24, 2.45) is 0 Å². The fourth-order valence-electron chi connectivity index (χ4n) is 1.84. The number of hydrogen-bond donors (Lipinski definition) is 1. The van der Waals surface area contributed by atoms with E-state index >= 15 is 0 Å². The van der Waals surface area contributed by atoms with Crippen LogP contribution in [-0.4, -0.2) is 14.5 Å². The van der Waals surface area contributed by atoms with Crippen molar-refractivity contribution in [2.45, 2.75) is 0 Å². The number of hydrogen-bond acceptors (Lipinski definition) is 2. The van der Waals surface area contributed by atoms with Crippen LogP contribution in [0.1, 0.15) is 0 Å². The van der Waals surface area contributed by atoms with Crippen LogP contribution >= 0.6 is 11.6 Å². The minimum absolute atomic E-state index is 0.216. The van der Waals surface area contributed by atoms with Crippen LogP contribution in [0.2, 0.25) is 5.15 Å². The molecule has 0 aliphatic carbocycles. The first-order valence-electron chi connectivity index (χ1n) is 5.18. The van der Waals surface area contributed by atoms with E-state index in [1.54, 1.807) is 18.2 Å². The molecule has 18 heavy (non-hydrogen) atoms. The molecule has 0 radical (unpaired) electrons. The molecule has 0 unspecified atom stereocenters. The van der Waals surface area contributed by atoms with Gasteiger partial charge in [-0.25, -0.2) is 14.2 Å². The molecule has 2 heterocycles. The van der Waals surface area contributed by atoms with Crippen LogP contribution < -0.4 is 5.69 Å². The second-order valence-corrected chi connectivity index (χ2v) is 4.11. The Bertz CT molecular complexity index is 793. The maximum Gasteiger partial charge on any atom is 0.331 e. The summed E-state index contributed by atoms with van der Waals surface area (Å²) in [5.74, 6) is -0.661. The monoisotopic (exact) mass is 263 g/mol. The van der Waals surface area contributed by atoms with E-state index in [1.165, 1.54) is 16.8 Å². The van der Waals surface area contributed by atoms with Gasteiger partial charge >= 0.3 is 5.69 Å². The molecule has 3 aromatic rings. The van der Waals surface area contributed by atoms with Gasteiger partial charge in [-0.1, -0.05) is 23.7 Å². The minimum Gasteiger partial charge on any atom is -0.305 e. The maximum atomic E-state index is 13.4. The Morgan fingerprint density at radius 3 is 2.89 bits per heavy atom. The van der Waals surface area contributed by atoms with Crippen molar-refractivity contribution in [2.75, 3.05) is 0 Å². The van der Waals surface area contributed by atoms with E-state index in [-0.39, 0.29) is 10.8 Å². The summed E-state index contributed by atoms with van der Waals surface area (Å²) in [7, 11) is 0. The molecule has 0 atom stereocenters. The predicted molar refractivity (Wildman–Crippen MR) is 66.7 cm³/mol. The van der Waals surface area contributed by atoms with E-state index in [2.05, 4.69) is 9.97 Å². The topological polar surface area (TPSA) is 50.7 Å². The number of pyridine rings is 1. The van der Waals surface area contributed by atoms with Crippen molar-refractivity contribution in [3.63, 3.8) is 0 Å². The second kappa shape index (κ2) is 3.96. The van der Waals surface area contributed by atoms with E-state index < -0.39 is 5.82 Å². The van der Waals surface area contributed by atoms with Crippen LogP contribution in [0.25, 0.3) is 16.7 Å². The first kappa shape index (κ1) is 11.0. The molecule has 90 valence electrons. The quantitative estimate of drug-likeness (QED) is 0.686. The van der Waals surface area contributed by atoms with E-state index in [1.807, 2.05) is 6.07 Å². The van der Waals surface area contributed by atoms with Crippen LogP contribution in [0, 0.1) is 5.82 Å². The molecule has 2 aromatic heterocycles. The van der Waals surface area contributed by atoms with Crippen LogP contribution in [0.15, 0.2) is 41.3 Å². The highest BCUT2D eigenvalue weighted by Crippen LogP contribution is 2.18. The highest BCUT2D eigenvalue weighted by Gasteiger charge is 2.10. The van der Waals surface area contributed by atoms with Gasteiger partial charge in [0.25, 0.3) is 0 Å². The van der Waals surface area contributed by atoms with E-state index in [9.17, 15) is 9.18 Å². The Morgan fingerprint density at radius 1 is 1.33 bits per heavy atom. The summed E-state index contributed by atoms with van der Waals surface area (Å²) in [6, 6.07) is 8.32. The molecule has 0 fully saturated rings. The largest absolute Gasteiger partial charge is 0.331 e. The zero-order chi connectivity index (χ0) is 12.7. The van der Waals surface area contributed by atoms with Crippen molar-refractivity contribution in [3.8, 4) is 5.69 Å². The lowest BCUT2D eigenvalue weighted by Gasteiger charge is -2.03. The van der Waals surface area contributed by atoms with E-state index in [0.717, 1.165) is 0 Å². The number of nitrogens with zero attached hydrogens (tertiary/aromatic N) is 2. The number of rotatable bonds is 1. The van der Waals surface area contributed by atoms with Crippen molar-refractivity contribution in [1.82, 2.24) is 14.5 Å². The maximum absolute atomic E-state index is 13.4. The molecule has 0 aliphatic heterocycles. The number of H-pyrrole nitrogens is 1. The molecule has 0 amide bonds. The normalized spacial score (nSPS) is 11.0. The van der Waals surface area contributed by atoms with Gasteiger partial charge in [-0.3, -0.25) is 4.57 Å². The van der Waals surface area contributed by atoms with Crippen molar-refractivity contribution < 1.29 is 4.39 Å². The highest BCUT2D eigenvalue weighted by molar-refractivity contribution is 6.29. The van der Waals surface area contributed by atoms with Gasteiger partial charge in [-0.15, -0.1) is 0 Å². The number of benzene rings is 1. The number of para-hydroxylation sites is 2. The zero-order valence-corrected chi connectivity index (χ0v) is 9.78. The van der Waals surface area contributed by atoms with E-state index in [4.69, 9.17) is 11.6 Å². The molecule has 3 rings (SSSR count).